The Morgan fingerprint density at radius 3 is 2.59 bits per heavy atom. The first-order valence-corrected chi connectivity index (χ1v) is 5.50. The van der Waals surface area contributed by atoms with Crippen molar-refractivity contribution in [2.24, 2.45) is 0 Å². The van der Waals surface area contributed by atoms with E-state index in [0.717, 1.165) is 5.69 Å². The van der Waals surface area contributed by atoms with Crippen molar-refractivity contribution >= 4 is 11.8 Å². The van der Waals surface area contributed by atoms with E-state index in [1.165, 1.54) is 6.92 Å². The maximum Gasteiger partial charge on any atom is 0.313 e. The Kier molecular flexibility index (Phi) is 4.37. The second-order valence-corrected chi connectivity index (χ2v) is 4.61. The summed E-state index contributed by atoms with van der Waals surface area (Å²) in [7, 11) is 0. The number of aromatic nitrogens is 1. The highest BCUT2D eigenvalue weighted by molar-refractivity contribution is 5.94. The van der Waals surface area contributed by atoms with Crippen LogP contribution in [0.15, 0.2) is 24.4 Å². The van der Waals surface area contributed by atoms with E-state index >= 15 is 0 Å². The molecule has 0 atom stereocenters. The summed E-state index contributed by atoms with van der Waals surface area (Å²) in [4.78, 5) is 26.4. The van der Waals surface area contributed by atoms with E-state index in [2.05, 4.69) is 4.98 Å². The number of carbonyl (C=O) groups excluding carboxylic acids is 2. The van der Waals surface area contributed by atoms with Gasteiger partial charge in [-0.1, -0.05) is 6.07 Å². The number of hydrogen-bond acceptors (Lipinski definition) is 4. The third-order valence-corrected chi connectivity index (χ3v) is 2.12. The fraction of sp³-hybridized carbons (Fsp3) is 0.462. The number of nitrogens with zero attached hydrogens (tertiary/aromatic N) is 1. The molecule has 0 radical (unpaired) electrons. The van der Waals surface area contributed by atoms with Crippen LogP contribution in [0, 0.1) is 0 Å². The summed E-state index contributed by atoms with van der Waals surface area (Å²) in [5.41, 5.74) is 0.203. The second kappa shape index (κ2) is 5.57. The van der Waals surface area contributed by atoms with Crippen LogP contribution in [-0.4, -0.2) is 22.3 Å². The molecule has 1 rings (SSSR count). The van der Waals surface area contributed by atoms with Crippen molar-refractivity contribution in [3.63, 3.8) is 0 Å². The lowest BCUT2D eigenvalue weighted by atomic mass is 10.0. The standard InChI is InChI=1S/C13H17NO3/c1-10(15)8-12(16)17-13(2,3)9-11-6-4-5-7-14-11/h4-7H,8-9H2,1-3H3. The Morgan fingerprint density at radius 2 is 2.06 bits per heavy atom. The van der Waals surface area contributed by atoms with E-state index in [9.17, 15) is 9.59 Å². The van der Waals surface area contributed by atoms with Crippen molar-refractivity contribution in [1.29, 1.82) is 0 Å². The zero-order valence-corrected chi connectivity index (χ0v) is 10.4. The number of pyridine rings is 1. The van der Waals surface area contributed by atoms with E-state index in [1.54, 1.807) is 20.0 Å². The van der Waals surface area contributed by atoms with Crippen molar-refractivity contribution < 1.29 is 14.3 Å². The van der Waals surface area contributed by atoms with E-state index < -0.39 is 11.6 Å². The summed E-state index contributed by atoms with van der Waals surface area (Å²) >= 11 is 0. The van der Waals surface area contributed by atoms with Crippen LogP contribution in [-0.2, 0) is 20.7 Å². The van der Waals surface area contributed by atoms with Crippen LogP contribution in [0.25, 0.3) is 0 Å². The van der Waals surface area contributed by atoms with E-state index in [0.29, 0.717) is 6.42 Å². The zero-order valence-electron chi connectivity index (χ0n) is 10.4. The molecule has 0 aliphatic rings. The smallest absolute Gasteiger partial charge is 0.313 e. The second-order valence-electron chi connectivity index (χ2n) is 4.61. The Bertz CT molecular complexity index is 398. The molecule has 0 saturated heterocycles. The van der Waals surface area contributed by atoms with Gasteiger partial charge in [-0.25, -0.2) is 0 Å². The van der Waals surface area contributed by atoms with Gasteiger partial charge in [0.05, 0.1) is 0 Å². The molecule has 0 aliphatic carbocycles. The summed E-state index contributed by atoms with van der Waals surface area (Å²) in [6.45, 7) is 4.98. The number of ketones is 1. The van der Waals surface area contributed by atoms with Gasteiger partial charge in [-0.15, -0.1) is 0 Å². The third-order valence-electron chi connectivity index (χ3n) is 2.12. The molecule has 0 unspecified atom stereocenters. The number of hydrogen-bond donors (Lipinski definition) is 0. The molecule has 0 aromatic carbocycles. The summed E-state index contributed by atoms with van der Waals surface area (Å²) in [5, 5.41) is 0. The highest BCUT2D eigenvalue weighted by atomic mass is 16.6. The first-order valence-electron chi connectivity index (χ1n) is 5.50. The zero-order chi connectivity index (χ0) is 12.9. The van der Waals surface area contributed by atoms with Crippen LogP contribution in [0.5, 0.6) is 0 Å². The summed E-state index contributed by atoms with van der Waals surface area (Å²) in [5.74, 6) is -0.679. The van der Waals surface area contributed by atoms with Gasteiger partial charge in [0.15, 0.2) is 0 Å². The van der Waals surface area contributed by atoms with Crippen molar-refractivity contribution in [3.05, 3.63) is 30.1 Å². The van der Waals surface area contributed by atoms with Crippen molar-refractivity contribution in [2.75, 3.05) is 0 Å². The molecule has 1 aromatic heterocycles. The first-order chi connectivity index (χ1) is 7.89. The molecule has 0 saturated carbocycles. The fourth-order valence-corrected chi connectivity index (χ4v) is 1.52. The molecule has 4 nitrogen and oxygen atoms in total. The highest BCUT2D eigenvalue weighted by Gasteiger charge is 2.24. The molecule has 0 spiro atoms. The van der Waals surface area contributed by atoms with E-state index in [4.69, 9.17) is 4.74 Å². The lowest BCUT2D eigenvalue weighted by Gasteiger charge is -2.24. The summed E-state index contributed by atoms with van der Waals surface area (Å²) in [6, 6.07) is 5.59. The average Bonchev–Trinajstić information content (AvgIpc) is 2.15. The highest BCUT2D eigenvalue weighted by Crippen LogP contribution is 2.16. The molecule has 92 valence electrons. The van der Waals surface area contributed by atoms with Crippen LogP contribution >= 0.6 is 0 Å². The van der Waals surface area contributed by atoms with Crippen LogP contribution in [0.1, 0.15) is 32.9 Å². The molecule has 0 N–H and O–H groups in total. The van der Waals surface area contributed by atoms with Gasteiger partial charge < -0.3 is 4.74 Å². The lowest BCUT2D eigenvalue weighted by molar-refractivity contribution is -0.157. The SMILES string of the molecule is CC(=O)CC(=O)OC(C)(C)Cc1ccccn1. The monoisotopic (exact) mass is 235 g/mol. The van der Waals surface area contributed by atoms with Gasteiger partial charge in [0.1, 0.15) is 17.8 Å². The summed E-state index contributed by atoms with van der Waals surface area (Å²) in [6.07, 6.45) is 2.05. The summed E-state index contributed by atoms with van der Waals surface area (Å²) < 4.78 is 5.25. The maximum absolute atomic E-state index is 11.4. The molecule has 0 aliphatic heterocycles. The molecular weight excluding hydrogens is 218 g/mol. The predicted molar refractivity (Wildman–Crippen MR) is 63.4 cm³/mol. The van der Waals surface area contributed by atoms with Crippen LogP contribution in [0.4, 0.5) is 0 Å². The Labute approximate surface area is 101 Å². The molecule has 17 heavy (non-hydrogen) atoms. The van der Waals surface area contributed by atoms with Crippen LogP contribution in [0.3, 0.4) is 0 Å². The number of Topliss-reactive ketones (excluding diaryl/α,β-unsaturated/α-hetero) is 1. The minimum atomic E-state index is -0.652. The van der Waals surface area contributed by atoms with Crippen molar-refractivity contribution in [3.8, 4) is 0 Å². The Morgan fingerprint density at radius 1 is 1.35 bits per heavy atom. The van der Waals surface area contributed by atoms with Gasteiger partial charge >= 0.3 is 5.97 Å². The fourth-order valence-electron chi connectivity index (χ4n) is 1.52. The van der Waals surface area contributed by atoms with Crippen LogP contribution < -0.4 is 0 Å². The number of rotatable bonds is 5. The van der Waals surface area contributed by atoms with Gasteiger partial charge in [-0.05, 0) is 32.9 Å². The normalized spacial score (nSPS) is 11.0. The predicted octanol–water partition coefficient (Wildman–Crippen LogP) is 1.93. The van der Waals surface area contributed by atoms with Gasteiger partial charge in [0.25, 0.3) is 0 Å². The average molecular weight is 235 g/mol. The molecule has 0 fully saturated rings. The van der Waals surface area contributed by atoms with Crippen molar-refractivity contribution in [1.82, 2.24) is 4.98 Å². The molecular formula is C13H17NO3. The minimum Gasteiger partial charge on any atom is -0.459 e. The number of ether oxygens (including phenoxy) is 1. The number of carbonyl (C=O) groups is 2. The number of esters is 1. The molecule has 1 heterocycles. The van der Waals surface area contributed by atoms with Gasteiger partial charge in [0.2, 0.25) is 0 Å². The van der Waals surface area contributed by atoms with Gasteiger partial charge in [-0.3, -0.25) is 14.6 Å². The van der Waals surface area contributed by atoms with Crippen LogP contribution in [0.2, 0.25) is 0 Å². The molecule has 0 bridgehead atoms. The molecule has 0 amide bonds. The van der Waals surface area contributed by atoms with E-state index in [1.807, 2.05) is 18.2 Å². The largest absolute Gasteiger partial charge is 0.459 e. The van der Waals surface area contributed by atoms with Crippen molar-refractivity contribution in [2.45, 2.75) is 39.2 Å². The molecule has 4 heteroatoms. The first kappa shape index (κ1) is 13.4. The maximum atomic E-state index is 11.4. The Hall–Kier alpha value is -1.71. The molecule has 1 aromatic rings. The van der Waals surface area contributed by atoms with Gasteiger partial charge in [0, 0.05) is 18.3 Å². The third kappa shape index (κ3) is 5.24. The Balaban J connectivity index is 2.57. The lowest BCUT2D eigenvalue weighted by Crippen LogP contribution is -2.31. The topological polar surface area (TPSA) is 56.3 Å². The minimum absolute atomic E-state index is 0.175. The quantitative estimate of drug-likeness (QED) is 0.578. The van der Waals surface area contributed by atoms with E-state index in [-0.39, 0.29) is 12.2 Å². The van der Waals surface area contributed by atoms with Gasteiger partial charge in [-0.2, -0.15) is 0 Å².